The molecule has 4 heteroatoms. The van der Waals surface area contributed by atoms with Crippen LogP contribution in [0.2, 0.25) is 0 Å². The first kappa shape index (κ1) is 21.5. The molecule has 0 amide bonds. The molecule has 0 N–H and O–H groups in total. The molecule has 0 aliphatic heterocycles. The Labute approximate surface area is 229 Å². The molecule has 0 aliphatic rings. The van der Waals surface area contributed by atoms with E-state index in [9.17, 15) is 0 Å². The average Bonchev–Trinajstić information content (AvgIpc) is 3.55. The average molecular weight is 511 g/mol. The summed E-state index contributed by atoms with van der Waals surface area (Å²) in [5.41, 5.74) is 6.68. The third kappa shape index (κ3) is 2.79. The molecule has 186 valence electrons. The minimum absolute atomic E-state index is 0.679. The number of hydrogen-bond donors (Lipinski definition) is 0. The zero-order valence-corrected chi connectivity index (χ0v) is 21.5. The highest BCUT2D eigenvalue weighted by Crippen LogP contribution is 2.46. The van der Waals surface area contributed by atoms with E-state index in [0.717, 1.165) is 27.6 Å². The smallest absolute Gasteiger partial charge is 0.235 e. The molecule has 0 aliphatic carbocycles. The molecule has 4 nitrogen and oxygen atoms in total. The fourth-order valence-corrected chi connectivity index (χ4v) is 6.51. The van der Waals surface area contributed by atoms with Crippen molar-refractivity contribution >= 4 is 65.3 Å². The fraction of sp³-hybridized carbons (Fsp3) is 0. The highest BCUT2D eigenvalue weighted by atomic mass is 15.2. The van der Waals surface area contributed by atoms with E-state index < -0.39 is 0 Å². The van der Waals surface area contributed by atoms with Crippen molar-refractivity contribution in [1.29, 1.82) is 0 Å². The number of nitrogens with zero attached hydrogens (tertiary/aromatic N) is 4. The number of rotatable bonds is 2. The fourth-order valence-electron chi connectivity index (χ4n) is 6.51. The Bertz CT molecular complexity index is 2430. The van der Waals surface area contributed by atoms with E-state index >= 15 is 0 Å². The summed E-state index contributed by atoms with van der Waals surface area (Å²) in [6, 6.07) is 45.0. The summed E-state index contributed by atoms with van der Waals surface area (Å²) in [4.78, 5) is 10.0. The predicted octanol–water partition coefficient (Wildman–Crippen LogP) is 8.98. The van der Waals surface area contributed by atoms with E-state index in [2.05, 4.69) is 124 Å². The SMILES string of the molecule is c1ccc(-n2c3ccccc3c3c2c2ccccc2c2c4ccccc4n(-c4ncc5ccccc5n4)c23)cc1. The largest absolute Gasteiger partial charge is 0.309 e. The molecular formula is C36H22N4. The molecule has 6 aromatic carbocycles. The van der Waals surface area contributed by atoms with Crippen LogP contribution in [-0.4, -0.2) is 19.1 Å². The van der Waals surface area contributed by atoms with Gasteiger partial charge in [0, 0.05) is 44.2 Å². The summed E-state index contributed by atoms with van der Waals surface area (Å²) in [6.45, 7) is 0. The molecule has 0 unspecified atom stereocenters. The zero-order chi connectivity index (χ0) is 26.2. The maximum absolute atomic E-state index is 5.09. The van der Waals surface area contributed by atoms with Crippen LogP contribution in [0.25, 0.3) is 76.9 Å². The van der Waals surface area contributed by atoms with Gasteiger partial charge in [-0.25, -0.2) is 9.97 Å². The number of hydrogen-bond acceptors (Lipinski definition) is 2. The van der Waals surface area contributed by atoms with Crippen molar-refractivity contribution in [2.45, 2.75) is 0 Å². The van der Waals surface area contributed by atoms with Gasteiger partial charge >= 0.3 is 0 Å². The Kier molecular flexibility index (Phi) is 4.30. The number of fused-ring (bicyclic) bond motifs is 11. The third-order valence-corrected chi connectivity index (χ3v) is 8.13. The van der Waals surface area contributed by atoms with E-state index in [1.807, 2.05) is 18.3 Å². The van der Waals surface area contributed by atoms with Crippen LogP contribution in [-0.2, 0) is 0 Å². The quantitative estimate of drug-likeness (QED) is 0.233. The lowest BCUT2D eigenvalue weighted by atomic mass is 9.99. The monoisotopic (exact) mass is 510 g/mol. The zero-order valence-electron chi connectivity index (χ0n) is 21.5. The van der Waals surface area contributed by atoms with Crippen LogP contribution in [0.5, 0.6) is 0 Å². The van der Waals surface area contributed by atoms with Gasteiger partial charge in [-0.3, -0.25) is 4.57 Å². The molecule has 0 fully saturated rings. The van der Waals surface area contributed by atoms with Crippen LogP contribution >= 0.6 is 0 Å². The predicted molar refractivity (Wildman–Crippen MR) is 166 cm³/mol. The molecule has 0 radical (unpaired) electrons. The Morgan fingerprint density at radius 3 is 1.85 bits per heavy atom. The number of aromatic nitrogens is 4. The van der Waals surface area contributed by atoms with Crippen LogP contribution in [0.1, 0.15) is 0 Å². The first-order valence-electron chi connectivity index (χ1n) is 13.5. The van der Waals surface area contributed by atoms with Crippen molar-refractivity contribution < 1.29 is 0 Å². The standard InChI is InChI=1S/C36H22N4/c1-2-13-24(14-3-1)39-30-20-10-8-18-28(30)33-34(39)26-16-6-5-15-25(26)32-27-17-7-11-21-31(27)40(35(32)33)36-37-22-23-12-4-9-19-29(23)38-36/h1-22H. The molecule has 9 aromatic rings. The van der Waals surface area contributed by atoms with Crippen LogP contribution in [0.15, 0.2) is 134 Å². The topological polar surface area (TPSA) is 35.6 Å². The number of para-hydroxylation sites is 4. The molecular weight excluding hydrogens is 488 g/mol. The van der Waals surface area contributed by atoms with Crippen LogP contribution < -0.4 is 0 Å². The molecule has 3 aromatic heterocycles. The summed E-state index contributed by atoms with van der Waals surface area (Å²) >= 11 is 0. The minimum Gasteiger partial charge on any atom is -0.309 e. The molecule has 9 rings (SSSR count). The van der Waals surface area contributed by atoms with E-state index in [4.69, 9.17) is 9.97 Å². The van der Waals surface area contributed by atoms with Gasteiger partial charge in [-0.15, -0.1) is 0 Å². The molecule has 0 saturated heterocycles. The molecule has 40 heavy (non-hydrogen) atoms. The van der Waals surface area contributed by atoms with Gasteiger partial charge < -0.3 is 4.57 Å². The van der Waals surface area contributed by atoms with Crippen LogP contribution in [0.4, 0.5) is 0 Å². The normalized spacial score (nSPS) is 12.0. The van der Waals surface area contributed by atoms with E-state index in [1.54, 1.807) is 0 Å². The van der Waals surface area contributed by atoms with Crippen LogP contribution in [0, 0.1) is 0 Å². The van der Waals surface area contributed by atoms with Gasteiger partial charge in [-0.05, 0) is 35.7 Å². The van der Waals surface area contributed by atoms with Crippen LogP contribution in [0.3, 0.4) is 0 Å². The first-order chi connectivity index (χ1) is 19.9. The second kappa shape index (κ2) is 8.01. The Morgan fingerprint density at radius 2 is 1.05 bits per heavy atom. The second-order valence-electron chi connectivity index (χ2n) is 10.3. The van der Waals surface area contributed by atoms with Crippen molar-refractivity contribution in [2.75, 3.05) is 0 Å². The minimum atomic E-state index is 0.679. The highest BCUT2D eigenvalue weighted by Gasteiger charge is 2.24. The Hall–Kier alpha value is -5.48. The van der Waals surface area contributed by atoms with E-state index in [-0.39, 0.29) is 0 Å². The van der Waals surface area contributed by atoms with Gasteiger partial charge in [0.2, 0.25) is 5.95 Å². The van der Waals surface area contributed by atoms with Crippen molar-refractivity contribution in [1.82, 2.24) is 19.1 Å². The van der Waals surface area contributed by atoms with Crippen molar-refractivity contribution in [3.05, 3.63) is 134 Å². The lowest BCUT2D eigenvalue weighted by Crippen LogP contribution is -2.01. The molecule has 0 saturated carbocycles. The van der Waals surface area contributed by atoms with Gasteiger partial charge in [0.05, 0.1) is 27.6 Å². The van der Waals surface area contributed by atoms with Gasteiger partial charge in [-0.1, -0.05) is 97.1 Å². The first-order valence-corrected chi connectivity index (χ1v) is 13.5. The molecule has 0 bridgehead atoms. The summed E-state index contributed by atoms with van der Waals surface area (Å²) in [5.74, 6) is 0.679. The number of benzene rings is 6. The molecule has 3 heterocycles. The lowest BCUT2D eigenvalue weighted by Gasteiger charge is -2.12. The maximum atomic E-state index is 5.09. The Balaban J connectivity index is 1.61. The Morgan fingerprint density at radius 1 is 0.450 bits per heavy atom. The van der Waals surface area contributed by atoms with Gasteiger partial charge in [-0.2, -0.15) is 0 Å². The van der Waals surface area contributed by atoms with E-state index in [1.165, 1.54) is 43.4 Å². The van der Waals surface area contributed by atoms with Gasteiger partial charge in [0.25, 0.3) is 0 Å². The van der Waals surface area contributed by atoms with Gasteiger partial charge in [0.1, 0.15) is 0 Å². The third-order valence-electron chi connectivity index (χ3n) is 8.13. The maximum Gasteiger partial charge on any atom is 0.235 e. The van der Waals surface area contributed by atoms with Crippen molar-refractivity contribution in [3.8, 4) is 11.6 Å². The van der Waals surface area contributed by atoms with Gasteiger partial charge in [0.15, 0.2) is 0 Å². The second-order valence-corrected chi connectivity index (χ2v) is 10.3. The van der Waals surface area contributed by atoms with Crippen molar-refractivity contribution in [3.63, 3.8) is 0 Å². The summed E-state index contributed by atoms with van der Waals surface area (Å²) in [5, 5.41) is 8.33. The molecule has 0 atom stereocenters. The molecule has 0 spiro atoms. The van der Waals surface area contributed by atoms with Crippen molar-refractivity contribution in [2.24, 2.45) is 0 Å². The highest BCUT2D eigenvalue weighted by molar-refractivity contribution is 6.36. The van der Waals surface area contributed by atoms with E-state index in [0.29, 0.717) is 5.95 Å². The summed E-state index contributed by atoms with van der Waals surface area (Å²) < 4.78 is 4.68. The summed E-state index contributed by atoms with van der Waals surface area (Å²) in [7, 11) is 0. The summed E-state index contributed by atoms with van der Waals surface area (Å²) in [6.07, 6.45) is 1.93. The lowest BCUT2D eigenvalue weighted by molar-refractivity contribution is 1.01.